The highest BCUT2D eigenvalue weighted by atomic mass is 32.2. The predicted octanol–water partition coefficient (Wildman–Crippen LogP) is 2.89. The fourth-order valence-corrected chi connectivity index (χ4v) is 4.87. The molecule has 0 spiro atoms. The van der Waals surface area contributed by atoms with E-state index in [2.05, 4.69) is 17.0 Å². The number of anilines is 1. The lowest BCUT2D eigenvalue weighted by atomic mass is 10.0. The molecular weight excluding hydrogens is 442 g/mol. The molecule has 1 amide bonds. The molecule has 3 rings (SSSR count). The molecule has 9 heteroatoms. The van der Waals surface area contributed by atoms with Crippen LogP contribution in [0.4, 0.5) is 5.69 Å². The molecule has 0 radical (unpaired) electrons. The van der Waals surface area contributed by atoms with Crippen molar-refractivity contribution in [1.29, 1.82) is 0 Å². The first-order valence-corrected chi connectivity index (χ1v) is 12.5. The predicted molar refractivity (Wildman–Crippen MR) is 128 cm³/mol. The number of likely N-dealkylation sites (N-methyl/N-ethyl adjacent to an activating group) is 1. The zero-order valence-electron chi connectivity index (χ0n) is 19.8. The number of fused-ring (bicyclic) bond motifs is 1. The number of methoxy groups -OCH3 is 1. The second-order valence-electron chi connectivity index (χ2n) is 8.69. The van der Waals surface area contributed by atoms with Gasteiger partial charge in [0.15, 0.2) is 0 Å². The van der Waals surface area contributed by atoms with Crippen molar-refractivity contribution in [3.63, 3.8) is 0 Å². The minimum atomic E-state index is -3.78. The number of carbonyl (C=O) groups is 1. The Morgan fingerprint density at radius 1 is 1.18 bits per heavy atom. The van der Waals surface area contributed by atoms with Crippen LogP contribution < -0.4 is 14.8 Å². The molecule has 0 saturated heterocycles. The highest BCUT2D eigenvalue weighted by Gasteiger charge is 2.26. The van der Waals surface area contributed by atoms with Crippen LogP contribution in [0.3, 0.4) is 0 Å². The summed E-state index contributed by atoms with van der Waals surface area (Å²) in [5.41, 5.74) is 1.53. The standard InChI is InChI=1S/C24H33N3O5S/c1-16-7-6-8-20(11-16)33(29,30)26-19-9-10-21-22(12-19)32-15-18(3)25-13-17(2)23(31-5)14-27(4)24(21)28/h6-12,17-18,23,25-26H,13-15H2,1-5H3/t17-,18-,23-/m0/s1. The Kier molecular flexibility index (Phi) is 7.99. The summed E-state index contributed by atoms with van der Waals surface area (Å²) in [7, 11) is -0.410. The molecule has 2 aromatic rings. The molecule has 2 N–H and O–H groups in total. The lowest BCUT2D eigenvalue weighted by Crippen LogP contribution is -2.44. The van der Waals surface area contributed by atoms with Crippen LogP contribution in [0.1, 0.15) is 29.8 Å². The van der Waals surface area contributed by atoms with Crippen molar-refractivity contribution >= 4 is 21.6 Å². The van der Waals surface area contributed by atoms with Gasteiger partial charge in [-0.1, -0.05) is 19.1 Å². The van der Waals surface area contributed by atoms with Gasteiger partial charge < -0.3 is 19.7 Å². The van der Waals surface area contributed by atoms with Gasteiger partial charge in [-0.25, -0.2) is 8.42 Å². The van der Waals surface area contributed by atoms with Crippen molar-refractivity contribution in [3.8, 4) is 5.75 Å². The van der Waals surface area contributed by atoms with Crippen LogP contribution in [-0.4, -0.2) is 65.2 Å². The van der Waals surface area contributed by atoms with Gasteiger partial charge in [-0.3, -0.25) is 9.52 Å². The van der Waals surface area contributed by atoms with E-state index in [1.165, 1.54) is 0 Å². The van der Waals surface area contributed by atoms with E-state index in [1.54, 1.807) is 55.5 Å². The van der Waals surface area contributed by atoms with Gasteiger partial charge in [-0.15, -0.1) is 0 Å². The summed E-state index contributed by atoms with van der Waals surface area (Å²) in [6, 6.07) is 11.4. The summed E-state index contributed by atoms with van der Waals surface area (Å²) in [5.74, 6) is 0.311. The maximum atomic E-state index is 13.2. The average molecular weight is 476 g/mol. The number of sulfonamides is 1. The Bertz CT molecular complexity index is 1090. The van der Waals surface area contributed by atoms with E-state index in [4.69, 9.17) is 9.47 Å². The van der Waals surface area contributed by atoms with Crippen molar-refractivity contribution < 1.29 is 22.7 Å². The summed E-state index contributed by atoms with van der Waals surface area (Å²) in [6.45, 7) is 7.38. The first-order valence-electron chi connectivity index (χ1n) is 11.0. The van der Waals surface area contributed by atoms with E-state index in [1.807, 2.05) is 19.9 Å². The van der Waals surface area contributed by atoms with Crippen molar-refractivity contribution in [3.05, 3.63) is 53.6 Å². The van der Waals surface area contributed by atoms with Crippen LogP contribution in [0.15, 0.2) is 47.4 Å². The molecule has 0 saturated carbocycles. The van der Waals surface area contributed by atoms with E-state index >= 15 is 0 Å². The third kappa shape index (κ3) is 6.25. The number of rotatable bonds is 4. The molecule has 2 aromatic carbocycles. The van der Waals surface area contributed by atoms with E-state index in [0.717, 1.165) is 5.56 Å². The number of benzene rings is 2. The van der Waals surface area contributed by atoms with Crippen LogP contribution in [0.2, 0.25) is 0 Å². The van der Waals surface area contributed by atoms with Crippen LogP contribution in [0, 0.1) is 12.8 Å². The molecule has 0 fully saturated rings. The molecule has 33 heavy (non-hydrogen) atoms. The molecule has 180 valence electrons. The largest absolute Gasteiger partial charge is 0.491 e. The van der Waals surface area contributed by atoms with Gasteiger partial charge in [-0.2, -0.15) is 0 Å². The van der Waals surface area contributed by atoms with E-state index < -0.39 is 10.0 Å². The normalized spacial score (nSPS) is 22.5. The molecule has 0 unspecified atom stereocenters. The number of ether oxygens (including phenoxy) is 2. The van der Waals surface area contributed by atoms with Crippen molar-refractivity contribution in [2.24, 2.45) is 5.92 Å². The van der Waals surface area contributed by atoms with Gasteiger partial charge >= 0.3 is 0 Å². The highest BCUT2D eigenvalue weighted by Crippen LogP contribution is 2.27. The molecule has 1 aliphatic heterocycles. The highest BCUT2D eigenvalue weighted by molar-refractivity contribution is 7.92. The number of nitrogens with one attached hydrogen (secondary N) is 2. The Hall–Kier alpha value is -2.62. The van der Waals surface area contributed by atoms with E-state index in [-0.39, 0.29) is 28.9 Å². The van der Waals surface area contributed by atoms with Gasteiger partial charge in [0, 0.05) is 39.4 Å². The summed E-state index contributed by atoms with van der Waals surface area (Å²) in [6.07, 6.45) is -0.122. The summed E-state index contributed by atoms with van der Waals surface area (Å²) in [4.78, 5) is 15.0. The first kappa shape index (κ1) is 25.0. The fraction of sp³-hybridized carbons (Fsp3) is 0.458. The number of hydrogen-bond donors (Lipinski definition) is 2. The quantitative estimate of drug-likeness (QED) is 0.706. The van der Waals surface area contributed by atoms with Gasteiger partial charge in [0.2, 0.25) is 0 Å². The van der Waals surface area contributed by atoms with Crippen molar-refractivity contribution in [2.45, 2.75) is 37.8 Å². The van der Waals surface area contributed by atoms with Crippen LogP contribution in [0.25, 0.3) is 0 Å². The summed E-state index contributed by atoms with van der Waals surface area (Å²) >= 11 is 0. The number of hydrogen-bond acceptors (Lipinski definition) is 6. The SMILES string of the molecule is CO[C@H]1CN(C)C(=O)c2ccc(NS(=O)(=O)c3cccc(C)c3)cc2OC[C@H](C)NC[C@@H]1C. The zero-order chi connectivity index (χ0) is 24.2. The summed E-state index contributed by atoms with van der Waals surface area (Å²) < 4.78 is 39.9. The van der Waals surface area contributed by atoms with Crippen LogP contribution in [-0.2, 0) is 14.8 Å². The molecule has 3 atom stereocenters. The van der Waals surface area contributed by atoms with Crippen LogP contribution in [0.5, 0.6) is 5.75 Å². The zero-order valence-corrected chi connectivity index (χ0v) is 20.6. The van der Waals surface area contributed by atoms with E-state index in [0.29, 0.717) is 36.7 Å². The molecule has 1 aliphatic rings. The second kappa shape index (κ2) is 10.5. The van der Waals surface area contributed by atoms with E-state index in [9.17, 15) is 13.2 Å². The van der Waals surface area contributed by atoms with Crippen LogP contribution >= 0.6 is 0 Å². The monoisotopic (exact) mass is 475 g/mol. The van der Waals surface area contributed by atoms with Gasteiger partial charge in [0.05, 0.1) is 22.3 Å². The van der Waals surface area contributed by atoms with Gasteiger partial charge in [0.25, 0.3) is 15.9 Å². The number of nitrogens with zero attached hydrogens (tertiary/aromatic N) is 1. The number of carbonyl (C=O) groups excluding carboxylic acids is 1. The van der Waals surface area contributed by atoms with Crippen molar-refractivity contribution in [1.82, 2.24) is 10.2 Å². The number of aryl methyl sites for hydroxylation is 1. The fourth-order valence-electron chi connectivity index (χ4n) is 3.72. The third-order valence-corrected chi connectivity index (χ3v) is 7.16. The summed E-state index contributed by atoms with van der Waals surface area (Å²) in [5, 5.41) is 3.43. The molecule has 8 nitrogen and oxygen atoms in total. The van der Waals surface area contributed by atoms with Gasteiger partial charge in [0.1, 0.15) is 12.4 Å². The Morgan fingerprint density at radius 2 is 1.94 bits per heavy atom. The molecule has 0 aromatic heterocycles. The molecule has 1 heterocycles. The minimum absolute atomic E-state index is 0.0257. The third-order valence-electron chi connectivity index (χ3n) is 5.78. The average Bonchev–Trinajstić information content (AvgIpc) is 2.78. The maximum absolute atomic E-state index is 13.2. The number of amides is 1. The lowest BCUT2D eigenvalue weighted by molar-refractivity contribution is 0.0281. The lowest BCUT2D eigenvalue weighted by Gasteiger charge is -2.30. The second-order valence-corrected chi connectivity index (χ2v) is 10.4. The Balaban J connectivity index is 1.92. The smallest absolute Gasteiger partial charge is 0.261 e. The van der Waals surface area contributed by atoms with Crippen molar-refractivity contribution in [2.75, 3.05) is 38.6 Å². The molecule has 0 bridgehead atoms. The Labute approximate surface area is 196 Å². The topological polar surface area (TPSA) is 97.0 Å². The van der Waals surface area contributed by atoms with Gasteiger partial charge in [-0.05, 0) is 49.6 Å². The minimum Gasteiger partial charge on any atom is -0.491 e. The Morgan fingerprint density at radius 3 is 2.64 bits per heavy atom. The first-order chi connectivity index (χ1) is 15.6. The maximum Gasteiger partial charge on any atom is 0.261 e. The molecular formula is C24H33N3O5S. The molecule has 0 aliphatic carbocycles.